The first kappa shape index (κ1) is 20.9. The van der Waals surface area contributed by atoms with Crippen LogP contribution < -0.4 is 10.6 Å². The molecule has 24 heavy (non-hydrogen) atoms. The molecule has 2 aliphatic rings. The summed E-state index contributed by atoms with van der Waals surface area (Å²) in [6.07, 6.45) is 15.2. The Labute approximate surface area is 145 Å². The summed E-state index contributed by atoms with van der Waals surface area (Å²) >= 11 is 0. The summed E-state index contributed by atoms with van der Waals surface area (Å²) in [6, 6.07) is 0.931. The Morgan fingerprint density at radius 3 is 1.29 bits per heavy atom. The van der Waals surface area contributed by atoms with Crippen molar-refractivity contribution in [2.24, 2.45) is 0 Å². The molecule has 0 unspecified atom stereocenters. The number of aliphatic carboxylic acids is 2. The topological polar surface area (TPSA) is 98.7 Å². The Morgan fingerprint density at radius 1 is 0.625 bits per heavy atom. The summed E-state index contributed by atoms with van der Waals surface area (Å²) in [5.74, 6) is -1.51. The van der Waals surface area contributed by atoms with Crippen molar-refractivity contribution in [3.8, 4) is 0 Å². The Kier molecular flexibility index (Phi) is 11.5. The van der Waals surface area contributed by atoms with Crippen LogP contribution in [0.5, 0.6) is 0 Å². The highest BCUT2D eigenvalue weighted by molar-refractivity contribution is 5.69. The van der Waals surface area contributed by atoms with Gasteiger partial charge in [-0.05, 0) is 25.7 Å². The first-order valence-electron chi connectivity index (χ1n) is 9.48. The molecule has 2 aliphatic carbocycles. The second-order valence-electron chi connectivity index (χ2n) is 6.93. The Morgan fingerprint density at radius 2 is 0.958 bits per heavy atom. The number of nitrogens with one attached hydrogen (secondary N) is 2. The van der Waals surface area contributed by atoms with Crippen LogP contribution >= 0.6 is 0 Å². The van der Waals surface area contributed by atoms with Gasteiger partial charge in [-0.15, -0.1) is 0 Å². The lowest BCUT2D eigenvalue weighted by molar-refractivity contribution is -0.137. The highest BCUT2D eigenvalue weighted by atomic mass is 16.4. The van der Waals surface area contributed by atoms with Gasteiger partial charge >= 0.3 is 11.9 Å². The maximum atomic E-state index is 10.5. The van der Waals surface area contributed by atoms with Crippen LogP contribution in [0, 0.1) is 0 Å². The van der Waals surface area contributed by atoms with Crippen LogP contribution in [-0.4, -0.2) is 47.3 Å². The van der Waals surface area contributed by atoms with E-state index in [-0.39, 0.29) is 13.1 Å². The van der Waals surface area contributed by atoms with Crippen molar-refractivity contribution in [3.05, 3.63) is 0 Å². The molecule has 2 saturated carbocycles. The molecule has 0 bridgehead atoms. The summed E-state index contributed by atoms with van der Waals surface area (Å²) in [7, 11) is 0. The van der Waals surface area contributed by atoms with E-state index in [9.17, 15) is 9.59 Å². The van der Waals surface area contributed by atoms with Crippen LogP contribution in [0.3, 0.4) is 0 Å². The van der Waals surface area contributed by atoms with E-state index in [0.29, 0.717) is 12.1 Å². The molecule has 140 valence electrons. The van der Waals surface area contributed by atoms with Gasteiger partial charge in [-0.1, -0.05) is 51.4 Å². The molecule has 2 fully saturated rings. The van der Waals surface area contributed by atoms with Crippen molar-refractivity contribution >= 4 is 11.9 Å². The summed E-state index contributed by atoms with van der Waals surface area (Å²) in [5.41, 5.74) is 0. The second kappa shape index (κ2) is 13.2. The molecule has 0 aromatic heterocycles. The number of carboxylic acids is 2. The lowest BCUT2D eigenvalue weighted by atomic mass is 10.0. The normalized spacial score (nSPS) is 20.3. The van der Waals surface area contributed by atoms with Gasteiger partial charge in [0.15, 0.2) is 0 Å². The molecular formula is C18H34N2O4. The Hall–Kier alpha value is -1.14. The van der Waals surface area contributed by atoms with E-state index in [2.05, 4.69) is 10.6 Å². The van der Waals surface area contributed by atoms with Gasteiger partial charge in [-0.3, -0.25) is 9.59 Å². The first-order valence-corrected chi connectivity index (χ1v) is 9.48. The number of rotatable bonds is 6. The van der Waals surface area contributed by atoms with Crippen LogP contribution in [0.2, 0.25) is 0 Å². The first-order chi connectivity index (χ1) is 11.6. The highest BCUT2D eigenvalue weighted by Gasteiger charge is 2.20. The smallest absolute Gasteiger partial charge is 0.317 e. The zero-order valence-corrected chi connectivity index (χ0v) is 14.8. The van der Waals surface area contributed by atoms with Crippen molar-refractivity contribution in [2.45, 2.75) is 89.1 Å². The van der Waals surface area contributed by atoms with Gasteiger partial charge in [-0.2, -0.15) is 0 Å². The molecule has 6 nitrogen and oxygen atoms in total. The van der Waals surface area contributed by atoms with Crippen molar-refractivity contribution in [1.82, 2.24) is 10.6 Å². The zero-order valence-electron chi connectivity index (χ0n) is 14.8. The molecule has 0 amide bonds. The van der Waals surface area contributed by atoms with Gasteiger partial charge in [0.2, 0.25) is 0 Å². The molecule has 6 heteroatoms. The van der Waals surface area contributed by atoms with Gasteiger partial charge in [0.1, 0.15) is 0 Å². The van der Waals surface area contributed by atoms with Crippen LogP contribution in [0.25, 0.3) is 0 Å². The van der Waals surface area contributed by atoms with Gasteiger partial charge in [0.05, 0.1) is 13.1 Å². The van der Waals surface area contributed by atoms with Gasteiger partial charge < -0.3 is 20.8 Å². The van der Waals surface area contributed by atoms with E-state index < -0.39 is 11.9 Å². The van der Waals surface area contributed by atoms with Gasteiger partial charge in [0.25, 0.3) is 0 Å². The average Bonchev–Trinajstić information content (AvgIpc) is 3.36. The molecule has 0 radical (unpaired) electrons. The number of hydrogen-bond donors (Lipinski definition) is 4. The summed E-state index contributed by atoms with van der Waals surface area (Å²) in [6.45, 7) is 0.231. The van der Waals surface area contributed by atoms with Crippen molar-refractivity contribution in [3.63, 3.8) is 0 Å². The summed E-state index contributed by atoms with van der Waals surface area (Å²) in [5, 5.41) is 22.8. The lowest BCUT2D eigenvalue weighted by Crippen LogP contribution is -2.33. The third-order valence-corrected chi connectivity index (χ3v) is 4.52. The maximum absolute atomic E-state index is 10.5. The van der Waals surface area contributed by atoms with Crippen LogP contribution in [-0.2, 0) is 9.59 Å². The van der Waals surface area contributed by atoms with Crippen molar-refractivity contribution in [2.75, 3.05) is 13.1 Å². The zero-order chi connectivity index (χ0) is 17.6. The number of hydrogen-bond acceptors (Lipinski definition) is 4. The summed E-state index contributed by atoms with van der Waals surface area (Å²) in [4.78, 5) is 20.4. The fourth-order valence-corrected chi connectivity index (χ4v) is 2.94. The van der Waals surface area contributed by atoms with Crippen LogP contribution in [0.1, 0.15) is 77.0 Å². The van der Waals surface area contributed by atoms with Gasteiger partial charge in [0, 0.05) is 12.1 Å². The monoisotopic (exact) mass is 342 g/mol. The predicted molar refractivity (Wildman–Crippen MR) is 94.3 cm³/mol. The van der Waals surface area contributed by atoms with Crippen molar-refractivity contribution < 1.29 is 19.8 Å². The molecule has 0 atom stereocenters. The quantitative estimate of drug-likeness (QED) is 0.592. The predicted octanol–water partition coefficient (Wildman–Crippen LogP) is 2.77. The van der Waals surface area contributed by atoms with E-state index in [4.69, 9.17) is 10.2 Å². The maximum Gasteiger partial charge on any atom is 0.317 e. The molecule has 4 N–H and O–H groups in total. The van der Waals surface area contributed by atoms with Crippen LogP contribution in [0.15, 0.2) is 0 Å². The minimum Gasteiger partial charge on any atom is -0.480 e. The lowest BCUT2D eigenvalue weighted by Gasteiger charge is -2.17. The van der Waals surface area contributed by atoms with E-state index in [1.165, 1.54) is 51.4 Å². The van der Waals surface area contributed by atoms with Crippen LogP contribution in [0.4, 0.5) is 0 Å². The second-order valence-corrected chi connectivity index (χ2v) is 6.93. The molecule has 0 heterocycles. The average molecular weight is 342 g/mol. The largest absolute Gasteiger partial charge is 0.480 e. The molecule has 2 rings (SSSR count). The Balaban J connectivity index is 0.000000300. The molecule has 0 aromatic carbocycles. The number of carbonyl (C=O) groups is 2. The molecule has 0 saturated heterocycles. The van der Waals surface area contributed by atoms with Crippen molar-refractivity contribution in [1.29, 1.82) is 0 Å². The third kappa shape index (κ3) is 13.3. The fourth-order valence-electron chi connectivity index (χ4n) is 2.94. The molecule has 0 aromatic rings. The number of carboxylic acid groups (broad SMARTS) is 2. The highest BCUT2D eigenvalue weighted by Crippen LogP contribution is 2.18. The molecule has 0 spiro atoms. The van der Waals surface area contributed by atoms with E-state index in [1.54, 1.807) is 0 Å². The van der Waals surface area contributed by atoms with E-state index in [1.807, 2.05) is 0 Å². The molecule has 0 aliphatic heterocycles. The molecular weight excluding hydrogens is 308 g/mol. The van der Waals surface area contributed by atoms with Gasteiger partial charge in [-0.25, -0.2) is 0 Å². The fraction of sp³-hybridized carbons (Fsp3) is 0.889. The minimum absolute atomic E-state index is 0.116. The minimum atomic E-state index is -0.767. The van der Waals surface area contributed by atoms with E-state index >= 15 is 0 Å². The Bertz CT molecular complexity index is 347. The third-order valence-electron chi connectivity index (χ3n) is 4.52. The SMILES string of the molecule is O=C(O)CNC1CC1.O=C(O)CNC1CCCCCCCCCC1. The van der Waals surface area contributed by atoms with E-state index in [0.717, 1.165) is 25.7 Å². The standard InChI is InChI=1S/C13H25NO2.C5H9NO2/c15-13(16)11-14-12-9-7-5-3-1-2-4-6-8-10-12;7-5(8)3-6-4-1-2-4/h12,14H,1-11H2,(H,15,16);4,6H,1-3H2,(H,7,8). The summed E-state index contributed by atoms with van der Waals surface area (Å²) < 4.78 is 0.